The van der Waals surface area contributed by atoms with Crippen molar-refractivity contribution in [1.82, 2.24) is 0 Å². The minimum Gasteiger partial charge on any atom is -0.378 e. The Balaban J connectivity index is 3.61. The predicted molar refractivity (Wildman–Crippen MR) is 49.5 cm³/mol. The molecule has 0 aliphatic carbocycles. The van der Waals surface area contributed by atoms with Crippen molar-refractivity contribution >= 4 is 0 Å². The molecule has 0 aliphatic heterocycles. The van der Waals surface area contributed by atoms with Gasteiger partial charge < -0.3 is 4.74 Å². The summed E-state index contributed by atoms with van der Waals surface area (Å²) in [6.45, 7) is 11.2. The van der Waals surface area contributed by atoms with E-state index in [1.807, 2.05) is 6.92 Å². The van der Waals surface area contributed by atoms with Gasteiger partial charge in [-0.1, -0.05) is 26.7 Å². The first-order chi connectivity index (χ1) is 5.26. The van der Waals surface area contributed by atoms with Crippen LogP contribution in [0.2, 0.25) is 0 Å². The van der Waals surface area contributed by atoms with Crippen LogP contribution in [0.3, 0.4) is 0 Å². The van der Waals surface area contributed by atoms with E-state index < -0.39 is 0 Å². The lowest BCUT2D eigenvalue weighted by molar-refractivity contribution is 0.0466. The normalized spacial score (nSPS) is 16.4. The standard InChI is InChI=1S/C10H21O/c1-5-8-10(6-2)9(4)11-7-3/h9-10H,4-8H2,1-3H3. The number of hydrogen-bond donors (Lipinski definition) is 0. The molecular weight excluding hydrogens is 136 g/mol. The number of rotatable bonds is 6. The number of ether oxygens (including phenoxy) is 1. The first kappa shape index (κ1) is 11.0. The molecule has 67 valence electrons. The summed E-state index contributed by atoms with van der Waals surface area (Å²) >= 11 is 0. The van der Waals surface area contributed by atoms with Crippen molar-refractivity contribution in [2.24, 2.45) is 5.92 Å². The molecule has 11 heavy (non-hydrogen) atoms. The highest BCUT2D eigenvalue weighted by atomic mass is 16.5. The molecule has 0 heterocycles. The van der Waals surface area contributed by atoms with Gasteiger partial charge in [0.2, 0.25) is 0 Å². The molecule has 0 aromatic heterocycles. The molecule has 2 atom stereocenters. The lowest BCUT2D eigenvalue weighted by atomic mass is 9.95. The first-order valence-corrected chi connectivity index (χ1v) is 4.70. The van der Waals surface area contributed by atoms with Crippen molar-refractivity contribution in [3.8, 4) is 0 Å². The van der Waals surface area contributed by atoms with Crippen molar-refractivity contribution in [1.29, 1.82) is 0 Å². The van der Waals surface area contributed by atoms with Crippen molar-refractivity contribution in [3.05, 3.63) is 6.92 Å². The predicted octanol–water partition coefficient (Wildman–Crippen LogP) is 3.05. The van der Waals surface area contributed by atoms with E-state index in [9.17, 15) is 0 Å². The van der Waals surface area contributed by atoms with Crippen LogP contribution in [0.1, 0.15) is 40.0 Å². The summed E-state index contributed by atoms with van der Waals surface area (Å²) < 4.78 is 5.44. The molecule has 1 radical (unpaired) electrons. The fourth-order valence-corrected chi connectivity index (χ4v) is 1.37. The molecule has 0 saturated carbocycles. The van der Waals surface area contributed by atoms with Crippen LogP contribution >= 0.6 is 0 Å². The van der Waals surface area contributed by atoms with E-state index in [0.29, 0.717) is 5.92 Å². The zero-order valence-electron chi connectivity index (χ0n) is 8.10. The van der Waals surface area contributed by atoms with Crippen LogP contribution in [0.5, 0.6) is 0 Å². The minimum absolute atomic E-state index is 0.199. The molecule has 0 aliphatic rings. The molecule has 0 aromatic rings. The van der Waals surface area contributed by atoms with E-state index in [4.69, 9.17) is 4.74 Å². The highest BCUT2D eigenvalue weighted by molar-refractivity contribution is 4.70. The van der Waals surface area contributed by atoms with E-state index in [-0.39, 0.29) is 6.10 Å². The third-order valence-electron chi connectivity index (χ3n) is 2.09. The summed E-state index contributed by atoms with van der Waals surface area (Å²) in [4.78, 5) is 0. The monoisotopic (exact) mass is 157 g/mol. The Morgan fingerprint density at radius 2 is 1.91 bits per heavy atom. The second kappa shape index (κ2) is 6.66. The molecule has 0 spiro atoms. The van der Waals surface area contributed by atoms with Gasteiger partial charge in [0.1, 0.15) is 0 Å². The van der Waals surface area contributed by atoms with Crippen LogP contribution in [0.25, 0.3) is 0 Å². The molecule has 0 rings (SSSR count). The highest BCUT2D eigenvalue weighted by Gasteiger charge is 2.13. The Bertz CT molecular complexity index is 80.9. The summed E-state index contributed by atoms with van der Waals surface area (Å²) in [5.74, 6) is 0.653. The largest absolute Gasteiger partial charge is 0.378 e. The van der Waals surface area contributed by atoms with Gasteiger partial charge in [-0.3, -0.25) is 0 Å². The van der Waals surface area contributed by atoms with Gasteiger partial charge >= 0.3 is 0 Å². The van der Waals surface area contributed by atoms with Crippen molar-refractivity contribution in [2.75, 3.05) is 6.61 Å². The fraction of sp³-hybridized carbons (Fsp3) is 0.900. The van der Waals surface area contributed by atoms with Gasteiger partial charge in [0.25, 0.3) is 0 Å². The van der Waals surface area contributed by atoms with Crippen LogP contribution in [0, 0.1) is 12.8 Å². The quantitative estimate of drug-likeness (QED) is 0.576. The Hall–Kier alpha value is -0.0400. The van der Waals surface area contributed by atoms with E-state index in [1.165, 1.54) is 19.3 Å². The maximum absolute atomic E-state index is 5.44. The second-order valence-corrected chi connectivity index (χ2v) is 2.95. The third kappa shape index (κ3) is 4.41. The van der Waals surface area contributed by atoms with Crippen LogP contribution in [-0.4, -0.2) is 12.7 Å². The van der Waals surface area contributed by atoms with Crippen LogP contribution in [0.4, 0.5) is 0 Å². The van der Waals surface area contributed by atoms with Crippen molar-refractivity contribution in [3.63, 3.8) is 0 Å². The van der Waals surface area contributed by atoms with E-state index in [1.54, 1.807) is 0 Å². The molecule has 0 fully saturated rings. The molecule has 0 saturated heterocycles. The molecule has 2 unspecified atom stereocenters. The van der Waals surface area contributed by atoms with Gasteiger partial charge in [-0.2, -0.15) is 0 Å². The first-order valence-electron chi connectivity index (χ1n) is 4.70. The second-order valence-electron chi connectivity index (χ2n) is 2.95. The van der Waals surface area contributed by atoms with Crippen molar-refractivity contribution in [2.45, 2.75) is 46.1 Å². The summed E-state index contributed by atoms with van der Waals surface area (Å²) in [5, 5.41) is 0. The van der Waals surface area contributed by atoms with Gasteiger partial charge in [-0.15, -0.1) is 0 Å². The maximum Gasteiger partial charge on any atom is 0.0604 e. The van der Waals surface area contributed by atoms with Gasteiger partial charge in [-0.25, -0.2) is 0 Å². The van der Waals surface area contributed by atoms with Crippen LogP contribution in [0.15, 0.2) is 0 Å². The van der Waals surface area contributed by atoms with Gasteiger partial charge in [0.15, 0.2) is 0 Å². The minimum atomic E-state index is 0.199. The van der Waals surface area contributed by atoms with Crippen molar-refractivity contribution < 1.29 is 4.74 Å². The molecule has 0 bridgehead atoms. The lowest BCUT2D eigenvalue weighted by Crippen LogP contribution is -2.20. The topological polar surface area (TPSA) is 9.23 Å². The van der Waals surface area contributed by atoms with E-state index >= 15 is 0 Å². The zero-order valence-corrected chi connectivity index (χ0v) is 8.10. The Morgan fingerprint density at radius 1 is 1.27 bits per heavy atom. The highest BCUT2D eigenvalue weighted by Crippen LogP contribution is 2.17. The molecule has 0 amide bonds. The Labute approximate surface area is 71.1 Å². The summed E-state index contributed by atoms with van der Waals surface area (Å²) in [5.41, 5.74) is 0. The summed E-state index contributed by atoms with van der Waals surface area (Å²) in [6, 6.07) is 0. The Morgan fingerprint density at radius 3 is 2.27 bits per heavy atom. The van der Waals surface area contributed by atoms with Gasteiger partial charge in [0, 0.05) is 6.61 Å². The van der Waals surface area contributed by atoms with Gasteiger partial charge in [0.05, 0.1) is 6.10 Å². The maximum atomic E-state index is 5.44. The smallest absolute Gasteiger partial charge is 0.0604 e. The summed E-state index contributed by atoms with van der Waals surface area (Å²) in [7, 11) is 0. The fourth-order valence-electron chi connectivity index (χ4n) is 1.37. The molecule has 0 aromatic carbocycles. The average molecular weight is 157 g/mol. The van der Waals surface area contributed by atoms with E-state index in [2.05, 4.69) is 20.8 Å². The summed E-state index contributed by atoms with van der Waals surface area (Å²) in [6.07, 6.45) is 3.86. The molecule has 1 heteroatoms. The number of hydrogen-bond acceptors (Lipinski definition) is 1. The van der Waals surface area contributed by atoms with Crippen LogP contribution < -0.4 is 0 Å². The molecular formula is C10H21O. The SMILES string of the molecule is [CH2]C(OCC)C(CC)CCC. The third-order valence-corrected chi connectivity index (χ3v) is 2.09. The zero-order chi connectivity index (χ0) is 8.69. The van der Waals surface area contributed by atoms with Crippen LogP contribution in [-0.2, 0) is 4.74 Å². The molecule has 1 nitrogen and oxygen atoms in total. The molecule has 0 N–H and O–H groups in total. The average Bonchev–Trinajstić information content (AvgIpc) is 2.00. The van der Waals surface area contributed by atoms with E-state index in [0.717, 1.165) is 6.61 Å². The lowest BCUT2D eigenvalue weighted by Gasteiger charge is -2.21. The van der Waals surface area contributed by atoms with Gasteiger partial charge in [-0.05, 0) is 26.2 Å². The Kier molecular flexibility index (Phi) is 6.63.